The zero-order valence-corrected chi connectivity index (χ0v) is 8.57. The van der Waals surface area contributed by atoms with E-state index in [0.717, 1.165) is 18.3 Å². The summed E-state index contributed by atoms with van der Waals surface area (Å²) >= 11 is 0. The Bertz CT molecular complexity index is 282. The molecule has 0 aromatic rings. The molecule has 2 bridgehead atoms. The molecule has 3 nitrogen and oxygen atoms in total. The molecule has 4 atom stereocenters. The van der Waals surface area contributed by atoms with Crippen LogP contribution in [0.3, 0.4) is 0 Å². The number of nitrogens with zero attached hydrogens (tertiary/aromatic N) is 3. The van der Waals surface area contributed by atoms with Crippen LogP contribution < -0.4 is 0 Å². The Balaban J connectivity index is 0. The SMILES string of the molecule is C[C@H]1[C@H]2C[C@@H](C[C@H]1N=[N+]=[N-])C2(C)C.[2H][2H].[2H][2H].[2H][2H]. The highest BCUT2D eigenvalue weighted by Gasteiger charge is 2.55. The molecule has 3 heteroatoms. The quantitative estimate of drug-likeness (QED) is 0.340. The minimum absolute atomic E-state index is 0.266. The van der Waals surface area contributed by atoms with E-state index in [9.17, 15) is 0 Å². The fourth-order valence-corrected chi connectivity index (χ4v) is 3.34. The normalized spacial score (nSPS) is 47.9. The monoisotopic (exact) mass is 191 g/mol. The molecule has 3 saturated carbocycles. The molecule has 0 saturated heterocycles. The molecule has 3 rings (SSSR count). The zero-order valence-electron chi connectivity index (χ0n) is 14.6. The maximum absolute atomic E-state index is 8.43. The first-order valence-corrected chi connectivity index (χ1v) is 5.11. The smallest absolute Gasteiger partial charge is 0.0405 e. The van der Waals surface area contributed by atoms with Gasteiger partial charge in [-0.1, -0.05) is 25.9 Å². The summed E-state index contributed by atoms with van der Waals surface area (Å²) < 4.78 is 30.0. The Morgan fingerprint density at radius 2 is 2.23 bits per heavy atom. The molecule has 0 N–H and O–H groups in total. The molecular weight excluding hydrogens is 162 g/mol. The van der Waals surface area contributed by atoms with Crippen molar-refractivity contribution in [2.45, 2.75) is 39.7 Å². The van der Waals surface area contributed by atoms with E-state index in [2.05, 4.69) is 30.8 Å². The van der Waals surface area contributed by atoms with Crippen LogP contribution in [0, 0.1) is 23.2 Å². The first-order chi connectivity index (χ1) is 9.07. The van der Waals surface area contributed by atoms with Crippen molar-refractivity contribution in [3.63, 3.8) is 0 Å². The Kier molecular flexibility index (Phi) is 1.21. The molecule has 3 fully saturated rings. The number of hydrogen-bond acceptors (Lipinski definition) is 1. The lowest BCUT2D eigenvalue weighted by Gasteiger charge is -2.61. The summed E-state index contributed by atoms with van der Waals surface area (Å²) in [5.74, 6) is 2.15. The van der Waals surface area contributed by atoms with Crippen LogP contribution >= 0.6 is 0 Å². The second-order valence-electron chi connectivity index (χ2n) is 5.23. The first kappa shape index (κ1) is 5.92. The average molecular weight is 191 g/mol. The summed E-state index contributed by atoms with van der Waals surface area (Å²) in [5.41, 5.74) is 8.93. The van der Waals surface area contributed by atoms with Crippen LogP contribution in [0.15, 0.2) is 5.11 Å². The molecule has 3 aliphatic rings. The van der Waals surface area contributed by atoms with E-state index in [4.69, 9.17) is 14.4 Å². The Labute approximate surface area is 88.4 Å². The minimum Gasteiger partial charge on any atom is -0.0903 e. The lowest BCUT2D eigenvalue weighted by atomic mass is 9.45. The third kappa shape index (κ3) is 1.07. The molecule has 0 amide bonds. The van der Waals surface area contributed by atoms with Crippen molar-refractivity contribution in [1.82, 2.24) is 0 Å². The lowest BCUT2D eigenvalue weighted by Crippen LogP contribution is -2.56. The van der Waals surface area contributed by atoms with E-state index >= 15 is 0 Å². The van der Waals surface area contributed by atoms with E-state index in [1.165, 1.54) is 6.42 Å². The molecule has 0 heterocycles. The highest BCUT2D eigenvalue weighted by molar-refractivity contribution is 5.06. The van der Waals surface area contributed by atoms with E-state index in [-0.39, 0.29) is 6.04 Å². The van der Waals surface area contributed by atoms with Gasteiger partial charge in [0.25, 0.3) is 0 Å². The Hall–Kier alpha value is -0.690. The standard InChI is InChI=1S/C10H17N3.3H2/c1-6-8-4-7(10(8,2)3)5-9(6)12-13-11;;;/h6-9H,4-5H2,1-3H3;3*1H/t6-,7-,8+,9+;;;/m0.../s1/i;3*1+1D. The zero-order chi connectivity index (χ0) is 15.6. The number of azide groups is 1. The molecule has 13 heavy (non-hydrogen) atoms. The van der Waals surface area contributed by atoms with Crippen LogP contribution in [-0.2, 0) is 0 Å². The summed E-state index contributed by atoms with van der Waals surface area (Å²) in [5, 5.41) is 3.89. The number of hydrogen-bond donors (Lipinski definition) is 0. The number of rotatable bonds is 1. The van der Waals surface area contributed by atoms with Crippen molar-refractivity contribution in [3.8, 4) is 0 Å². The van der Waals surface area contributed by atoms with E-state index < -0.39 is 0 Å². The first-order valence-electron chi connectivity index (χ1n) is 8.11. The molecule has 0 aromatic heterocycles. The van der Waals surface area contributed by atoms with Crippen LogP contribution in [0.5, 0.6) is 0 Å². The third-order valence-electron chi connectivity index (χ3n) is 4.51. The lowest BCUT2D eigenvalue weighted by molar-refractivity contribution is -0.108. The van der Waals surface area contributed by atoms with Gasteiger partial charge in [0.15, 0.2) is 0 Å². The van der Waals surface area contributed by atoms with E-state index in [1.54, 1.807) is 0 Å². The molecule has 78 valence electrons. The molecule has 0 aromatic carbocycles. The van der Waals surface area contributed by atoms with Crippen LogP contribution in [0.2, 0.25) is 0 Å². The maximum atomic E-state index is 8.43. The van der Waals surface area contributed by atoms with Crippen molar-refractivity contribution in [1.29, 1.82) is 0 Å². The largest absolute Gasteiger partial charge is 0.0903 e. The van der Waals surface area contributed by atoms with Crippen molar-refractivity contribution >= 4 is 0 Å². The van der Waals surface area contributed by atoms with Gasteiger partial charge in [-0.2, -0.15) is 0 Å². The predicted octanol–water partition coefficient (Wildman–Crippen LogP) is 4.11. The van der Waals surface area contributed by atoms with E-state index in [1.807, 2.05) is 0 Å². The van der Waals surface area contributed by atoms with Gasteiger partial charge in [-0.25, -0.2) is 0 Å². The molecule has 0 unspecified atom stereocenters. The van der Waals surface area contributed by atoms with Crippen molar-refractivity contribution in [3.05, 3.63) is 10.4 Å². The van der Waals surface area contributed by atoms with Gasteiger partial charge >= 0.3 is 0 Å². The molecule has 3 aliphatic carbocycles. The van der Waals surface area contributed by atoms with Crippen LogP contribution in [0.25, 0.3) is 10.4 Å². The third-order valence-corrected chi connectivity index (χ3v) is 4.51. The van der Waals surface area contributed by atoms with Gasteiger partial charge in [0.1, 0.15) is 0 Å². The van der Waals surface area contributed by atoms with Gasteiger partial charge in [-0.05, 0) is 41.5 Å². The predicted molar refractivity (Wildman–Crippen MR) is 58.4 cm³/mol. The average Bonchev–Trinajstić information content (AvgIpc) is 2.47. The summed E-state index contributed by atoms with van der Waals surface area (Å²) in [4.78, 5) is 2.94. The molecule has 0 aliphatic heterocycles. The Morgan fingerprint density at radius 1 is 1.54 bits per heavy atom. The second kappa shape index (κ2) is 2.65. The highest BCUT2D eigenvalue weighted by Crippen LogP contribution is 2.61. The van der Waals surface area contributed by atoms with Crippen LogP contribution in [-0.4, -0.2) is 6.04 Å². The van der Waals surface area contributed by atoms with Crippen LogP contribution in [0.4, 0.5) is 0 Å². The van der Waals surface area contributed by atoms with Crippen molar-refractivity contribution in [2.24, 2.45) is 28.3 Å². The molecule has 0 radical (unpaired) electrons. The van der Waals surface area contributed by atoms with Gasteiger partial charge < -0.3 is 0 Å². The Morgan fingerprint density at radius 3 is 2.69 bits per heavy atom. The topological polar surface area (TPSA) is 48.8 Å². The molecule has 0 spiro atoms. The van der Waals surface area contributed by atoms with Gasteiger partial charge in [0.2, 0.25) is 0 Å². The van der Waals surface area contributed by atoms with Crippen LogP contribution in [0.1, 0.15) is 42.5 Å². The summed E-state index contributed by atoms with van der Waals surface area (Å²) in [7, 11) is 0. The van der Waals surface area contributed by atoms with Gasteiger partial charge in [-0.3, -0.25) is 0 Å². The summed E-state index contributed by atoms with van der Waals surface area (Å²) in [6.07, 6.45) is 2.46. The number of fused-ring (bicyclic) bond motifs is 2. The summed E-state index contributed by atoms with van der Waals surface area (Å²) in [6, 6.07) is 0.266. The van der Waals surface area contributed by atoms with Gasteiger partial charge in [-0.15, -0.1) is 0 Å². The fraction of sp³-hybridized carbons (Fsp3) is 1.00. The van der Waals surface area contributed by atoms with E-state index in [0.29, 0.717) is 11.3 Å². The maximum Gasteiger partial charge on any atom is 0.0405 e. The molecular formula is C10H23N3. The summed E-state index contributed by atoms with van der Waals surface area (Å²) in [6.45, 7) is 6.95. The van der Waals surface area contributed by atoms with Gasteiger partial charge in [0.05, 0.1) is 0 Å². The fourth-order valence-electron chi connectivity index (χ4n) is 3.34. The second-order valence-corrected chi connectivity index (χ2v) is 5.23. The van der Waals surface area contributed by atoms with Gasteiger partial charge in [0, 0.05) is 19.9 Å². The van der Waals surface area contributed by atoms with Crippen molar-refractivity contribution < 1.29 is 8.91 Å². The minimum atomic E-state index is 0.266. The highest BCUT2D eigenvalue weighted by atomic mass is 15.2. The van der Waals surface area contributed by atoms with Crippen molar-refractivity contribution in [2.75, 3.05) is 0 Å².